The second-order valence-corrected chi connectivity index (χ2v) is 5.73. The Morgan fingerprint density at radius 1 is 1.32 bits per heavy atom. The van der Waals surface area contributed by atoms with Crippen LogP contribution in [-0.2, 0) is 16.0 Å². The van der Waals surface area contributed by atoms with Crippen LogP contribution in [0.3, 0.4) is 0 Å². The van der Waals surface area contributed by atoms with E-state index in [2.05, 4.69) is 0 Å². The number of benzene rings is 1. The third-order valence-corrected chi connectivity index (χ3v) is 4.27. The van der Waals surface area contributed by atoms with Crippen LogP contribution < -0.4 is 0 Å². The van der Waals surface area contributed by atoms with Gasteiger partial charge < -0.3 is 4.74 Å². The van der Waals surface area contributed by atoms with Gasteiger partial charge in [0.2, 0.25) is 0 Å². The van der Waals surface area contributed by atoms with E-state index in [0.29, 0.717) is 0 Å². The van der Waals surface area contributed by atoms with Gasteiger partial charge in [-0.25, -0.2) is 4.39 Å². The number of hydrogen-bond donors (Lipinski definition) is 0. The first-order chi connectivity index (χ1) is 8.90. The van der Waals surface area contributed by atoms with Crippen LogP contribution in [0.15, 0.2) is 18.2 Å². The summed E-state index contributed by atoms with van der Waals surface area (Å²) in [6.07, 6.45) is 0.310. The number of Topliss-reactive ketones (excluding diaryl/α,β-unsaturated/α-hetero) is 1. The Balaban J connectivity index is 2.10. The summed E-state index contributed by atoms with van der Waals surface area (Å²) in [5.74, 6) is -0.221. The number of carbonyl (C=O) groups is 1. The molecule has 1 aliphatic heterocycles. The normalized spacial score (nSPS) is 30.6. The summed E-state index contributed by atoms with van der Waals surface area (Å²) in [5, 5.41) is 0.0578. The molecular formula is C15H18ClFO2. The van der Waals surface area contributed by atoms with E-state index < -0.39 is 5.82 Å². The predicted octanol–water partition coefficient (Wildman–Crippen LogP) is 3.65. The van der Waals surface area contributed by atoms with Crippen LogP contribution in [0.4, 0.5) is 4.39 Å². The van der Waals surface area contributed by atoms with Crippen molar-refractivity contribution in [2.24, 2.45) is 11.8 Å². The quantitative estimate of drug-likeness (QED) is 0.847. The minimum absolute atomic E-state index is 0.0578. The minimum Gasteiger partial charge on any atom is -0.375 e. The molecule has 0 N–H and O–H groups in total. The van der Waals surface area contributed by atoms with Crippen molar-refractivity contribution in [3.8, 4) is 0 Å². The highest BCUT2D eigenvalue weighted by molar-refractivity contribution is 6.30. The SMILES string of the molecule is CC1OC(C)C(C(=O)Cc2ccc(F)c(Cl)c2)C1C. The van der Waals surface area contributed by atoms with E-state index in [4.69, 9.17) is 16.3 Å². The predicted molar refractivity (Wildman–Crippen MR) is 72.8 cm³/mol. The number of hydrogen-bond acceptors (Lipinski definition) is 2. The van der Waals surface area contributed by atoms with Gasteiger partial charge in [0, 0.05) is 12.3 Å². The summed E-state index contributed by atoms with van der Waals surface area (Å²) in [4.78, 5) is 12.4. The van der Waals surface area contributed by atoms with Gasteiger partial charge in [-0.3, -0.25) is 4.79 Å². The molecule has 0 bridgehead atoms. The first kappa shape index (κ1) is 14.5. The zero-order valence-corrected chi connectivity index (χ0v) is 12.1. The molecule has 2 nitrogen and oxygen atoms in total. The number of carbonyl (C=O) groups excluding carboxylic acids is 1. The van der Waals surface area contributed by atoms with Gasteiger partial charge in [-0.05, 0) is 37.5 Å². The van der Waals surface area contributed by atoms with Gasteiger partial charge in [0.15, 0.2) is 0 Å². The monoisotopic (exact) mass is 284 g/mol. The lowest BCUT2D eigenvalue weighted by molar-refractivity contribution is -0.124. The molecule has 1 heterocycles. The molecule has 2 rings (SSSR count). The first-order valence-electron chi connectivity index (χ1n) is 6.52. The maximum atomic E-state index is 13.1. The van der Waals surface area contributed by atoms with Crippen molar-refractivity contribution in [1.82, 2.24) is 0 Å². The second kappa shape index (κ2) is 5.59. The van der Waals surface area contributed by atoms with Gasteiger partial charge in [0.1, 0.15) is 11.6 Å². The van der Waals surface area contributed by atoms with Crippen molar-refractivity contribution in [3.63, 3.8) is 0 Å². The molecule has 1 saturated heterocycles. The molecule has 0 spiro atoms. The number of ketones is 1. The molecule has 0 aromatic heterocycles. The van der Waals surface area contributed by atoms with E-state index in [1.807, 2.05) is 20.8 Å². The van der Waals surface area contributed by atoms with Gasteiger partial charge in [-0.1, -0.05) is 24.6 Å². The van der Waals surface area contributed by atoms with Crippen LogP contribution in [0.1, 0.15) is 26.3 Å². The van der Waals surface area contributed by atoms with Crippen LogP contribution in [-0.4, -0.2) is 18.0 Å². The van der Waals surface area contributed by atoms with E-state index in [1.54, 1.807) is 6.07 Å². The molecule has 0 amide bonds. The van der Waals surface area contributed by atoms with Crippen molar-refractivity contribution >= 4 is 17.4 Å². The summed E-state index contributed by atoms with van der Waals surface area (Å²) in [6, 6.07) is 4.42. The molecule has 0 radical (unpaired) electrons. The largest absolute Gasteiger partial charge is 0.375 e. The molecular weight excluding hydrogens is 267 g/mol. The Hall–Kier alpha value is -0.930. The van der Waals surface area contributed by atoms with Crippen molar-refractivity contribution in [1.29, 1.82) is 0 Å². The van der Waals surface area contributed by atoms with Crippen molar-refractivity contribution < 1.29 is 13.9 Å². The van der Waals surface area contributed by atoms with E-state index >= 15 is 0 Å². The summed E-state index contributed by atoms with van der Waals surface area (Å²) >= 11 is 5.73. The molecule has 104 valence electrons. The third kappa shape index (κ3) is 2.98. The summed E-state index contributed by atoms with van der Waals surface area (Å²) < 4.78 is 18.8. The van der Waals surface area contributed by atoms with Crippen LogP contribution in [0.2, 0.25) is 5.02 Å². The number of ether oxygens (including phenoxy) is 1. The molecule has 1 aromatic rings. The average Bonchev–Trinajstić information content (AvgIpc) is 2.58. The minimum atomic E-state index is -0.461. The topological polar surface area (TPSA) is 26.3 Å². The Morgan fingerprint density at radius 2 is 2.00 bits per heavy atom. The van der Waals surface area contributed by atoms with E-state index in [0.717, 1.165) is 5.56 Å². The fraction of sp³-hybridized carbons (Fsp3) is 0.533. The third-order valence-electron chi connectivity index (χ3n) is 3.98. The van der Waals surface area contributed by atoms with E-state index in [1.165, 1.54) is 12.1 Å². The van der Waals surface area contributed by atoms with E-state index in [-0.39, 0.29) is 41.3 Å². The van der Waals surface area contributed by atoms with Crippen molar-refractivity contribution in [3.05, 3.63) is 34.6 Å². The van der Waals surface area contributed by atoms with Crippen LogP contribution in [0, 0.1) is 17.7 Å². The van der Waals surface area contributed by atoms with Crippen LogP contribution in [0.5, 0.6) is 0 Å². The standard InChI is InChI=1S/C15H18ClFO2/c1-8-9(2)19-10(3)15(8)14(18)7-11-4-5-13(17)12(16)6-11/h4-6,8-10,15H,7H2,1-3H3. The zero-order chi connectivity index (χ0) is 14.2. The highest BCUT2D eigenvalue weighted by Crippen LogP contribution is 2.33. The van der Waals surface area contributed by atoms with Crippen LogP contribution in [0.25, 0.3) is 0 Å². The highest BCUT2D eigenvalue weighted by atomic mass is 35.5. The first-order valence-corrected chi connectivity index (χ1v) is 6.90. The highest BCUT2D eigenvalue weighted by Gasteiger charge is 2.40. The van der Waals surface area contributed by atoms with Gasteiger partial charge in [-0.2, -0.15) is 0 Å². The molecule has 0 aliphatic carbocycles. The molecule has 4 heteroatoms. The average molecular weight is 285 g/mol. The van der Waals surface area contributed by atoms with Gasteiger partial charge in [0.05, 0.1) is 17.2 Å². The molecule has 1 fully saturated rings. The number of halogens is 2. The summed E-state index contributed by atoms with van der Waals surface area (Å²) in [7, 11) is 0. The van der Waals surface area contributed by atoms with Gasteiger partial charge in [0.25, 0.3) is 0 Å². The summed E-state index contributed by atoms with van der Waals surface area (Å²) in [5.41, 5.74) is 0.746. The van der Waals surface area contributed by atoms with Crippen molar-refractivity contribution in [2.45, 2.75) is 39.4 Å². The Morgan fingerprint density at radius 3 is 2.53 bits per heavy atom. The fourth-order valence-electron chi connectivity index (χ4n) is 2.79. The Kier molecular flexibility index (Phi) is 4.26. The molecule has 4 atom stereocenters. The fourth-order valence-corrected chi connectivity index (χ4v) is 2.99. The summed E-state index contributed by atoms with van der Waals surface area (Å²) in [6.45, 7) is 5.96. The second-order valence-electron chi connectivity index (χ2n) is 5.32. The molecule has 1 aliphatic rings. The Labute approximate surface area is 117 Å². The van der Waals surface area contributed by atoms with Crippen molar-refractivity contribution in [2.75, 3.05) is 0 Å². The lowest BCUT2D eigenvalue weighted by atomic mass is 9.84. The molecule has 19 heavy (non-hydrogen) atoms. The molecule has 4 unspecified atom stereocenters. The molecule has 1 aromatic carbocycles. The zero-order valence-electron chi connectivity index (χ0n) is 11.3. The van der Waals surface area contributed by atoms with E-state index in [9.17, 15) is 9.18 Å². The lowest BCUT2D eigenvalue weighted by Gasteiger charge is -2.17. The Bertz CT molecular complexity index is 489. The lowest BCUT2D eigenvalue weighted by Crippen LogP contribution is -2.28. The smallest absolute Gasteiger partial charge is 0.143 e. The molecule has 0 saturated carbocycles. The van der Waals surface area contributed by atoms with Gasteiger partial charge in [-0.15, -0.1) is 0 Å². The maximum absolute atomic E-state index is 13.1. The maximum Gasteiger partial charge on any atom is 0.143 e. The number of rotatable bonds is 3. The van der Waals surface area contributed by atoms with Gasteiger partial charge >= 0.3 is 0 Å². The van der Waals surface area contributed by atoms with Crippen LogP contribution >= 0.6 is 11.6 Å².